The molecule has 3 nitrogen and oxygen atoms in total. The summed E-state index contributed by atoms with van der Waals surface area (Å²) >= 11 is 0. The minimum Gasteiger partial charge on any atom is -0.345 e. The van der Waals surface area contributed by atoms with Crippen LogP contribution in [0.2, 0.25) is 0 Å². The molecule has 0 saturated carbocycles. The van der Waals surface area contributed by atoms with Gasteiger partial charge in [-0.15, -0.1) is 0 Å². The molecule has 0 unspecified atom stereocenters. The second-order valence-electron chi connectivity index (χ2n) is 4.01. The molecular formula is C13H28N2O. The van der Waals surface area contributed by atoms with Crippen LogP contribution in [-0.4, -0.2) is 37.5 Å². The van der Waals surface area contributed by atoms with E-state index in [1.165, 1.54) is 0 Å². The van der Waals surface area contributed by atoms with E-state index in [4.69, 9.17) is 0 Å². The molecule has 0 aromatic heterocycles. The predicted molar refractivity (Wildman–Crippen MR) is 69.5 cm³/mol. The lowest BCUT2D eigenvalue weighted by molar-refractivity contribution is -0.136. The van der Waals surface area contributed by atoms with Gasteiger partial charge in [0.2, 0.25) is 5.91 Å². The van der Waals surface area contributed by atoms with Gasteiger partial charge in [0.1, 0.15) is 0 Å². The third kappa shape index (κ3) is 3.21. The SMILES string of the molecule is CC.CC.CN1CCC2(CCNCC2)C1=O. The van der Waals surface area contributed by atoms with Crippen LogP contribution in [0.3, 0.4) is 0 Å². The van der Waals surface area contributed by atoms with Crippen molar-refractivity contribution < 1.29 is 4.79 Å². The fourth-order valence-corrected chi connectivity index (χ4v) is 2.36. The summed E-state index contributed by atoms with van der Waals surface area (Å²) in [6.45, 7) is 11.0. The highest BCUT2D eigenvalue weighted by Crippen LogP contribution is 2.38. The molecule has 0 atom stereocenters. The minimum atomic E-state index is 0.0278. The van der Waals surface area contributed by atoms with E-state index in [1.54, 1.807) is 0 Å². The minimum absolute atomic E-state index is 0.0278. The lowest BCUT2D eigenvalue weighted by atomic mass is 9.78. The Morgan fingerprint density at radius 1 is 1.06 bits per heavy atom. The number of nitrogens with zero attached hydrogens (tertiary/aromatic N) is 1. The first kappa shape index (κ1) is 15.4. The van der Waals surface area contributed by atoms with Crippen molar-refractivity contribution in [3.05, 3.63) is 0 Å². The lowest BCUT2D eigenvalue weighted by Crippen LogP contribution is -2.41. The highest BCUT2D eigenvalue weighted by molar-refractivity contribution is 5.84. The van der Waals surface area contributed by atoms with Crippen molar-refractivity contribution in [2.75, 3.05) is 26.7 Å². The van der Waals surface area contributed by atoms with Gasteiger partial charge in [0.15, 0.2) is 0 Å². The Kier molecular flexibility index (Phi) is 7.39. The Morgan fingerprint density at radius 3 is 1.94 bits per heavy atom. The first-order chi connectivity index (χ1) is 7.75. The van der Waals surface area contributed by atoms with E-state index < -0.39 is 0 Å². The number of hydrogen-bond donors (Lipinski definition) is 1. The first-order valence-electron chi connectivity index (χ1n) is 6.71. The second kappa shape index (κ2) is 7.66. The van der Waals surface area contributed by atoms with Crippen LogP contribution in [0.15, 0.2) is 0 Å². The quantitative estimate of drug-likeness (QED) is 0.690. The average Bonchev–Trinajstić information content (AvgIpc) is 2.65. The summed E-state index contributed by atoms with van der Waals surface area (Å²) in [6, 6.07) is 0. The smallest absolute Gasteiger partial charge is 0.228 e. The Morgan fingerprint density at radius 2 is 1.56 bits per heavy atom. The summed E-state index contributed by atoms with van der Waals surface area (Å²) in [6.07, 6.45) is 3.15. The van der Waals surface area contributed by atoms with E-state index in [0.717, 1.165) is 38.9 Å². The van der Waals surface area contributed by atoms with Crippen molar-refractivity contribution >= 4 is 5.91 Å². The molecule has 16 heavy (non-hydrogen) atoms. The third-order valence-corrected chi connectivity index (χ3v) is 3.29. The van der Waals surface area contributed by atoms with Crippen LogP contribution in [0, 0.1) is 5.41 Å². The van der Waals surface area contributed by atoms with Gasteiger partial charge in [-0.2, -0.15) is 0 Å². The number of likely N-dealkylation sites (tertiary alicyclic amines) is 1. The molecule has 0 aliphatic carbocycles. The molecule has 1 spiro atoms. The Hall–Kier alpha value is -0.570. The predicted octanol–water partition coefficient (Wildman–Crippen LogP) is 2.27. The van der Waals surface area contributed by atoms with Crippen LogP contribution in [0.5, 0.6) is 0 Å². The van der Waals surface area contributed by atoms with E-state index in [2.05, 4.69) is 5.32 Å². The van der Waals surface area contributed by atoms with E-state index in [9.17, 15) is 4.79 Å². The maximum Gasteiger partial charge on any atom is 0.228 e. The topological polar surface area (TPSA) is 32.3 Å². The largest absolute Gasteiger partial charge is 0.345 e. The van der Waals surface area contributed by atoms with Crippen molar-refractivity contribution in [1.29, 1.82) is 0 Å². The summed E-state index contributed by atoms with van der Waals surface area (Å²) in [4.78, 5) is 13.7. The van der Waals surface area contributed by atoms with Gasteiger partial charge in [-0.3, -0.25) is 4.79 Å². The Labute approximate surface area is 101 Å². The van der Waals surface area contributed by atoms with Gasteiger partial charge in [-0.1, -0.05) is 27.7 Å². The summed E-state index contributed by atoms with van der Waals surface area (Å²) in [7, 11) is 1.92. The number of nitrogens with one attached hydrogen (secondary N) is 1. The Balaban J connectivity index is 0.000000509. The summed E-state index contributed by atoms with van der Waals surface area (Å²) in [5.74, 6) is 0.379. The number of piperidine rings is 1. The summed E-state index contributed by atoms with van der Waals surface area (Å²) < 4.78 is 0. The van der Waals surface area contributed by atoms with Crippen LogP contribution in [0.1, 0.15) is 47.0 Å². The molecule has 2 saturated heterocycles. The number of hydrogen-bond acceptors (Lipinski definition) is 2. The van der Waals surface area contributed by atoms with Gasteiger partial charge in [0.25, 0.3) is 0 Å². The number of rotatable bonds is 0. The molecule has 2 aliphatic heterocycles. The van der Waals surface area contributed by atoms with Crippen LogP contribution < -0.4 is 5.32 Å². The molecule has 0 bridgehead atoms. The van der Waals surface area contributed by atoms with Crippen LogP contribution >= 0.6 is 0 Å². The van der Waals surface area contributed by atoms with Gasteiger partial charge in [0.05, 0.1) is 5.41 Å². The molecule has 0 aromatic rings. The molecule has 2 aliphatic rings. The van der Waals surface area contributed by atoms with Gasteiger partial charge in [-0.25, -0.2) is 0 Å². The standard InChI is InChI=1S/C9H16N2O.2C2H6/c1-11-7-4-9(8(11)12)2-5-10-6-3-9;2*1-2/h10H,2-7H2,1H3;2*1-2H3. The van der Waals surface area contributed by atoms with Crippen LogP contribution in [-0.2, 0) is 4.79 Å². The van der Waals surface area contributed by atoms with Gasteiger partial charge in [0, 0.05) is 13.6 Å². The summed E-state index contributed by atoms with van der Waals surface area (Å²) in [5.41, 5.74) is 0.0278. The van der Waals surface area contributed by atoms with Crippen molar-refractivity contribution in [2.45, 2.75) is 47.0 Å². The number of carbonyl (C=O) groups excluding carboxylic acids is 1. The molecule has 1 amide bonds. The van der Waals surface area contributed by atoms with E-state index >= 15 is 0 Å². The molecule has 2 rings (SSSR count). The highest BCUT2D eigenvalue weighted by Gasteiger charge is 2.45. The normalized spacial score (nSPS) is 22.1. The third-order valence-electron chi connectivity index (χ3n) is 3.29. The monoisotopic (exact) mass is 228 g/mol. The highest BCUT2D eigenvalue weighted by atomic mass is 16.2. The Bertz CT molecular complexity index is 193. The fraction of sp³-hybridized carbons (Fsp3) is 0.923. The average molecular weight is 228 g/mol. The van der Waals surface area contributed by atoms with Gasteiger partial charge >= 0.3 is 0 Å². The van der Waals surface area contributed by atoms with E-state index in [0.29, 0.717) is 5.91 Å². The molecule has 0 aromatic carbocycles. The molecular weight excluding hydrogens is 200 g/mol. The summed E-state index contributed by atoms with van der Waals surface area (Å²) in [5, 5.41) is 3.30. The van der Waals surface area contributed by atoms with Gasteiger partial charge in [-0.05, 0) is 32.4 Å². The van der Waals surface area contributed by atoms with E-state index in [-0.39, 0.29) is 5.41 Å². The lowest BCUT2D eigenvalue weighted by Gasteiger charge is -2.31. The molecule has 96 valence electrons. The number of carbonyl (C=O) groups is 1. The van der Waals surface area contributed by atoms with Crippen LogP contribution in [0.25, 0.3) is 0 Å². The molecule has 0 radical (unpaired) electrons. The molecule has 2 fully saturated rings. The van der Waals surface area contributed by atoms with Crippen molar-refractivity contribution in [3.63, 3.8) is 0 Å². The molecule has 1 N–H and O–H groups in total. The van der Waals surface area contributed by atoms with Gasteiger partial charge < -0.3 is 10.2 Å². The first-order valence-corrected chi connectivity index (χ1v) is 6.71. The maximum atomic E-state index is 11.8. The zero-order chi connectivity index (χ0) is 12.6. The molecule has 2 heterocycles. The fourth-order valence-electron chi connectivity index (χ4n) is 2.36. The second-order valence-corrected chi connectivity index (χ2v) is 4.01. The van der Waals surface area contributed by atoms with E-state index in [1.807, 2.05) is 39.6 Å². The molecule has 3 heteroatoms. The van der Waals surface area contributed by atoms with Crippen molar-refractivity contribution in [3.8, 4) is 0 Å². The maximum absolute atomic E-state index is 11.8. The number of amides is 1. The van der Waals surface area contributed by atoms with Crippen molar-refractivity contribution in [1.82, 2.24) is 10.2 Å². The zero-order valence-electron chi connectivity index (χ0n) is 11.6. The zero-order valence-corrected chi connectivity index (χ0v) is 11.6. The van der Waals surface area contributed by atoms with Crippen LogP contribution in [0.4, 0.5) is 0 Å². The van der Waals surface area contributed by atoms with Crippen molar-refractivity contribution in [2.24, 2.45) is 5.41 Å².